The number of carbonyl (C=O) groups is 1. The Balaban J connectivity index is 1.75. The maximum Gasteiger partial charge on any atom is 0.271 e. The predicted octanol–water partition coefficient (Wildman–Crippen LogP) is 3.94. The quantitative estimate of drug-likeness (QED) is 0.399. The molecule has 8 nitrogen and oxygen atoms in total. The van der Waals surface area contributed by atoms with Gasteiger partial charge in [-0.05, 0) is 73.5 Å². The topological polar surface area (TPSA) is 126 Å². The van der Waals surface area contributed by atoms with E-state index >= 15 is 0 Å². The summed E-state index contributed by atoms with van der Waals surface area (Å²) in [6, 6.07) is 15.3. The summed E-state index contributed by atoms with van der Waals surface area (Å²) in [6.45, 7) is 3.83. The monoisotopic (exact) mass is 478 g/mol. The van der Waals surface area contributed by atoms with Gasteiger partial charge in [0.15, 0.2) is 4.90 Å². The van der Waals surface area contributed by atoms with E-state index in [1.54, 1.807) is 6.07 Å². The molecule has 0 spiro atoms. The number of aryl methyl sites for hydroxylation is 1. The molecule has 4 rings (SSSR count). The number of hydrogen-bond donors (Lipinski definition) is 3. The van der Waals surface area contributed by atoms with Crippen LogP contribution < -0.4 is 15.6 Å². The van der Waals surface area contributed by atoms with Gasteiger partial charge in [0.1, 0.15) is 11.5 Å². The highest BCUT2D eigenvalue weighted by molar-refractivity contribution is 7.91. The highest BCUT2D eigenvalue weighted by atomic mass is 32.2. The smallest absolute Gasteiger partial charge is 0.271 e. The number of ether oxygens (including phenoxy) is 1. The fourth-order valence-electron chi connectivity index (χ4n) is 3.61. The van der Waals surface area contributed by atoms with Gasteiger partial charge in [-0.15, -0.1) is 0 Å². The Kier molecular flexibility index (Phi) is 5.89. The van der Waals surface area contributed by atoms with Crippen molar-refractivity contribution in [1.82, 2.24) is 4.98 Å². The van der Waals surface area contributed by atoms with E-state index < -0.39 is 31.9 Å². The summed E-state index contributed by atoms with van der Waals surface area (Å²) in [6.07, 6.45) is 0. The molecule has 3 N–H and O–H groups in total. The van der Waals surface area contributed by atoms with Crippen molar-refractivity contribution >= 4 is 32.3 Å². The Hall–Kier alpha value is -4.11. The van der Waals surface area contributed by atoms with E-state index in [-0.39, 0.29) is 21.4 Å². The van der Waals surface area contributed by atoms with Crippen LogP contribution in [0.2, 0.25) is 0 Å². The molecule has 9 heteroatoms. The predicted molar refractivity (Wildman–Crippen MR) is 129 cm³/mol. The van der Waals surface area contributed by atoms with Crippen molar-refractivity contribution in [2.75, 3.05) is 12.4 Å². The molecule has 0 aliphatic heterocycles. The number of benzene rings is 3. The molecule has 34 heavy (non-hydrogen) atoms. The van der Waals surface area contributed by atoms with Crippen LogP contribution in [0.1, 0.15) is 21.5 Å². The SMILES string of the molecule is COc1ccc(S(=O)(=O)c2c(O)c3ccc(C(=O)Nc4cccc(C)c4C)cc3[nH]c2=O)cc1. The molecule has 174 valence electrons. The Bertz CT molecular complexity index is 1590. The highest BCUT2D eigenvalue weighted by Crippen LogP contribution is 2.32. The third-order valence-electron chi connectivity index (χ3n) is 5.70. The van der Waals surface area contributed by atoms with E-state index in [9.17, 15) is 23.1 Å². The number of amides is 1. The second-order valence-electron chi connectivity index (χ2n) is 7.77. The van der Waals surface area contributed by atoms with E-state index in [0.29, 0.717) is 11.4 Å². The first kappa shape index (κ1) is 23.1. The number of aromatic amines is 1. The zero-order chi connectivity index (χ0) is 24.6. The van der Waals surface area contributed by atoms with Crippen LogP contribution in [0.15, 0.2) is 75.2 Å². The van der Waals surface area contributed by atoms with Crippen molar-refractivity contribution in [2.45, 2.75) is 23.6 Å². The number of fused-ring (bicyclic) bond motifs is 1. The first-order valence-corrected chi connectivity index (χ1v) is 11.8. The minimum absolute atomic E-state index is 0.0926. The van der Waals surface area contributed by atoms with Crippen LogP contribution in [-0.4, -0.2) is 31.5 Å². The van der Waals surface area contributed by atoms with Crippen LogP contribution in [0.3, 0.4) is 0 Å². The molecular formula is C25H22N2O6S. The minimum atomic E-state index is -4.32. The lowest BCUT2D eigenvalue weighted by Gasteiger charge is -2.12. The van der Waals surface area contributed by atoms with E-state index in [0.717, 1.165) is 11.1 Å². The van der Waals surface area contributed by atoms with Crippen LogP contribution in [0.4, 0.5) is 5.69 Å². The second-order valence-corrected chi connectivity index (χ2v) is 9.66. The van der Waals surface area contributed by atoms with Gasteiger partial charge in [0.2, 0.25) is 9.84 Å². The van der Waals surface area contributed by atoms with Gasteiger partial charge in [-0.25, -0.2) is 8.42 Å². The molecule has 1 aromatic heterocycles. The van der Waals surface area contributed by atoms with Crippen molar-refractivity contribution in [1.29, 1.82) is 0 Å². The molecule has 0 bridgehead atoms. The van der Waals surface area contributed by atoms with E-state index in [2.05, 4.69) is 10.3 Å². The van der Waals surface area contributed by atoms with Gasteiger partial charge < -0.3 is 20.1 Å². The minimum Gasteiger partial charge on any atom is -0.506 e. The third kappa shape index (κ3) is 4.01. The summed E-state index contributed by atoms with van der Waals surface area (Å²) in [4.78, 5) is 27.1. The molecule has 0 aliphatic rings. The summed E-state index contributed by atoms with van der Waals surface area (Å²) in [5, 5.41) is 13.7. The number of anilines is 1. The molecule has 0 radical (unpaired) electrons. The molecule has 0 unspecified atom stereocenters. The van der Waals surface area contributed by atoms with Crippen LogP contribution >= 0.6 is 0 Å². The summed E-state index contributed by atoms with van der Waals surface area (Å²) in [5.41, 5.74) is 1.97. The molecule has 3 aromatic carbocycles. The summed E-state index contributed by atoms with van der Waals surface area (Å²) in [5.74, 6) is -0.649. The Morgan fingerprint density at radius 2 is 1.74 bits per heavy atom. The van der Waals surface area contributed by atoms with E-state index in [1.807, 2.05) is 26.0 Å². The van der Waals surface area contributed by atoms with Crippen molar-refractivity contribution in [3.8, 4) is 11.5 Å². The zero-order valence-corrected chi connectivity index (χ0v) is 19.5. The maximum atomic E-state index is 13.1. The van der Waals surface area contributed by atoms with Gasteiger partial charge in [0.25, 0.3) is 11.5 Å². The largest absolute Gasteiger partial charge is 0.506 e. The van der Waals surface area contributed by atoms with E-state index in [1.165, 1.54) is 49.6 Å². The number of hydrogen-bond acceptors (Lipinski definition) is 6. The molecule has 1 amide bonds. The van der Waals surface area contributed by atoms with Crippen LogP contribution in [0, 0.1) is 13.8 Å². The summed E-state index contributed by atoms with van der Waals surface area (Å²) in [7, 11) is -2.88. The number of methoxy groups -OCH3 is 1. The van der Waals surface area contributed by atoms with Gasteiger partial charge >= 0.3 is 0 Å². The zero-order valence-electron chi connectivity index (χ0n) is 18.7. The number of sulfone groups is 1. The number of aromatic hydroxyl groups is 1. The number of rotatable bonds is 5. The van der Waals surface area contributed by atoms with Gasteiger partial charge in [-0.3, -0.25) is 9.59 Å². The fraction of sp³-hybridized carbons (Fsp3) is 0.120. The average Bonchev–Trinajstić information content (AvgIpc) is 2.81. The van der Waals surface area contributed by atoms with Crippen LogP contribution in [0.25, 0.3) is 10.9 Å². The first-order chi connectivity index (χ1) is 16.1. The summed E-state index contributed by atoms with van der Waals surface area (Å²) < 4.78 is 31.2. The van der Waals surface area contributed by atoms with Gasteiger partial charge in [-0.1, -0.05) is 12.1 Å². The van der Waals surface area contributed by atoms with Crippen LogP contribution in [-0.2, 0) is 9.84 Å². The molecule has 4 aromatic rings. The molecule has 1 heterocycles. The fourth-order valence-corrected chi connectivity index (χ4v) is 5.00. The number of pyridine rings is 1. The average molecular weight is 479 g/mol. The Labute approximate surface area is 195 Å². The summed E-state index contributed by atoms with van der Waals surface area (Å²) >= 11 is 0. The first-order valence-electron chi connectivity index (χ1n) is 10.3. The number of nitrogens with one attached hydrogen (secondary N) is 2. The lowest BCUT2D eigenvalue weighted by Crippen LogP contribution is -2.19. The van der Waals surface area contributed by atoms with Gasteiger partial charge in [0.05, 0.1) is 17.5 Å². The molecule has 0 atom stereocenters. The number of aromatic nitrogens is 1. The Morgan fingerprint density at radius 1 is 1.03 bits per heavy atom. The molecule has 0 aliphatic carbocycles. The normalized spacial score (nSPS) is 11.4. The lowest BCUT2D eigenvalue weighted by molar-refractivity contribution is 0.102. The maximum absolute atomic E-state index is 13.1. The van der Waals surface area contributed by atoms with Crippen LogP contribution in [0.5, 0.6) is 11.5 Å². The molecular weight excluding hydrogens is 456 g/mol. The van der Waals surface area contributed by atoms with E-state index in [4.69, 9.17) is 4.74 Å². The molecule has 0 fully saturated rings. The molecule has 0 saturated carbocycles. The lowest BCUT2D eigenvalue weighted by atomic mass is 10.1. The standard InChI is InChI=1S/C25H22N2O6S/c1-14-5-4-6-20(15(14)2)26-24(29)16-7-12-19-21(13-16)27-25(30)23(22(19)28)34(31,32)18-10-8-17(33-3)9-11-18/h4-13H,1-3H3,(H,26,29)(H2,27,28,30). The van der Waals surface area contributed by atoms with Crippen molar-refractivity contribution < 1.29 is 23.1 Å². The third-order valence-corrected chi connectivity index (χ3v) is 7.51. The number of carbonyl (C=O) groups excluding carboxylic acids is 1. The van der Waals surface area contributed by atoms with Gasteiger partial charge in [0, 0.05) is 16.6 Å². The highest BCUT2D eigenvalue weighted by Gasteiger charge is 2.27. The van der Waals surface area contributed by atoms with Gasteiger partial charge in [-0.2, -0.15) is 0 Å². The molecule has 0 saturated heterocycles. The van der Waals surface area contributed by atoms with Crippen molar-refractivity contribution in [3.63, 3.8) is 0 Å². The number of H-pyrrole nitrogens is 1. The second kappa shape index (κ2) is 8.68. The van der Waals surface area contributed by atoms with Crippen molar-refractivity contribution in [3.05, 3.63) is 87.7 Å². The van der Waals surface area contributed by atoms with Crippen molar-refractivity contribution in [2.24, 2.45) is 0 Å². The Morgan fingerprint density at radius 3 is 2.41 bits per heavy atom.